The van der Waals surface area contributed by atoms with Crippen LogP contribution in [0.15, 0.2) is 42.5 Å². The molecule has 0 radical (unpaired) electrons. The number of carbonyl (C=O) groups excluding carboxylic acids is 2. The van der Waals surface area contributed by atoms with E-state index in [1.54, 1.807) is 31.2 Å². The van der Waals surface area contributed by atoms with Crippen molar-refractivity contribution in [1.29, 1.82) is 0 Å². The first-order chi connectivity index (χ1) is 12.7. The number of benzene rings is 2. The summed E-state index contributed by atoms with van der Waals surface area (Å²) < 4.78 is 39.2. The molecule has 0 bridgehead atoms. The van der Waals surface area contributed by atoms with Gasteiger partial charge in [0.25, 0.3) is 0 Å². The highest BCUT2D eigenvalue weighted by molar-refractivity contribution is 5.90. The number of Topliss-reactive ketones (excluding diaryl/α,β-unsaturated/α-hetero) is 1. The van der Waals surface area contributed by atoms with E-state index in [0.29, 0.717) is 29.5 Å². The molecule has 6 heteroatoms. The average Bonchev–Trinajstić information content (AvgIpc) is 3.05. The van der Waals surface area contributed by atoms with Gasteiger partial charge < -0.3 is 5.32 Å². The highest BCUT2D eigenvalue weighted by Gasteiger charge is 2.31. The predicted octanol–water partition coefficient (Wildman–Crippen LogP) is 4.67. The predicted molar refractivity (Wildman–Crippen MR) is 95.8 cm³/mol. The molecule has 1 saturated carbocycles. The van der Waals surface area contributed by atoms with Crippen LogP contribution < -0.4 is 5.32 Å². The Kier molecular flexibility index (Phi) is 5.35. The summed E-state index contributed by atoms with van der Waals surface area (Å²) in [5.41, 5.74) is 1.79. The molecule has 0 heterocycles. The molecule has 1 aliphatic rings. The number of alkyl halides is 3. The topological polar surface area (TPSA) is 46.2 Å². The highest BCUT2D eigenvalue weighted by atomic mass is 19.4. The van der Waals surface area contributed by atoms with Gasteiger partial charge in [-0.25, -0.2) is 0 Å². The zero-order valence-corrected chi connectivity index (χ0v) is 14.9. The van der Waals surface area contributed by atoms with Crippen molar-refractivity contribution >= 4 is 11.7 Å². The van der Waals surface area contributed by atoms with Gasteiger partial charge in [-0.3, -0.25) is 9.59 Å². The van der Waals surface area contributed by atoms with E-state index in [1.807, 2.05) is 6.07 Å². The number of rotatable bonds is 4. The van der Waals surface area contributed by atoms with Crippen LogP contribution in [0.2, 0.25) is 0 Å². The standard InChI is InChI=1S/C21H20F3NO2/c1-13-7-17(10-18(8-13)21(22,23)24)15-4-2-3-14(9-15)12-25-20(27)16-5-6-19(26)11-16/h2-4,7-10,16H,5-6,11-12H2,1H3,(H,25,27). The van der Waals surface area contributed by atoms with Crippen molar-refractivity contribution in [3.63, 3.8) is 0 Å². The Labute approximate surface area is 155 Å². The third kappa shape index (κ3) is 4.76. The minimum absolute atomic E-state index is 0.108. The number of carbonyl (C=O) groups is 2. The molecule has 142 valence electrons. The van der Waals surface area contributed by atoms with Crippen molar-refractivity contribution in [2.75, 3.05) is 0 Å². The maximum absolute atomic E-state index is 13.1. The van der Waals surface area contributed by atoms with Gasteiger partial charge in [0, 0.05) is 25.3 Å². The summed E-state index contributed by atoms with van der Waals surface area (Å²) in [6, 6.07) is 11.0. The Morgan fingerprint density at radius 3 is 2.59 bits per heavy atom. The summed E-state index contributed by atoms with van der Waals surface area (Å²) in [6.07, 6.45) is -3.09. The Morgan fingerprint density at radius 1 is 1.15 bits per heavy atom. The minimum atomic E-state index is -4.40. The monoisotopic (exact) mass is 375 g/mol. The summed E-state index contributed by atoms with van der Waals surface area (Å²) in [5.74, 6) is -0.315. The summed E-state index contributed by atoms with van der Waals surface area (Å²) in [5, 5.41) is 2.82. The van der Waals surface area contributed by atoms with E-state index >= 15 is 0 Å². The molecule has 2 aromatic carbocycles. The van der Waals surface area contributed by atoms with Crippen LogP contribution in [-0.4, -0.2) is 11.7 Å². The molecule has 1 N–H and O–H groups in total. The third-order valence-corrected chi connectivity index (χ3v) is 4.75. The molecule has 0 aliphatic heterocycles. The van der Waals surface area contributed by atoms with Crippen LogP contribution in [0.1, 0.15) is 36.0 Å². The summed E-state index contributed by atoms with van der Waals surface area (Å²) in [6.45, 7) is 1.90. The molecule has 0 aromatic heterocycles. The summed E-state index contributed by atoms with van der Waals surface area (Å²) in [7, 11) is 0. The zero-order chi connectivity index (χ0) is 19.6. The van der Waals surface area contributed by atoms with Gasteiger partial charge in [-0.1, -0.05) is 24.3 Å². The van der Waals surface area contributed by atoms with E-state index in [-0.39, 0.29) is 30.6 Å². The van der Waals surface area contributed by atoms with Gasteiger partial charge in [-0.2, -0.15) is 13.2 Å². The quantitative estimate of drug-likeness (QED) is 0.844. The second-order valence-electron chi connectivity index (χ2n) is 6.98. The second kappa shape index (κ2) is 7.55. The molecule has 3 nitrogen and oxygen atoms in total. The SMILES string of the molecule is Cc1cc(-c2cccc(CNC(=O)C3CCC(=O)C3)c2)cc(C(F)(F)F)c1. The Hall–Kier alpha value is -2.63. The molecule has 0 spiro atoms. The normalized spacial score (nSPS) is 17.2. The van der Waals surface area contributed by atoms with Crippen molar-refractivity contribution < 1.29 is 22.8 Å². The fourth-order valence-electron chi connectivity index (χ4n) is 3.35. The van der Waals surface area contributed by atoms with E-state index < -0.39 is 11.7 Å². The molecule has 3 rings (SSSR count). The summed E-state index contributed by atoms with van der Waals surface area (Å²) >= 11 is 0. The molecular formula is C21H20F3NO2. The lowest BCUT2D eigenvalue weighted by molar-refractivity contribution is -0.137. The summed E-state index contributed by atoms with van der Waals surface area (Å²) in [4.78, 5) is 23.4. The maximum Gasteiger partial charge on any atom is 0.416 e. The van der Waals surface area contributed by atoms with E-state index in [4.69, 9.17) is 0 Å². The fraction of sp³-hybridized carbons (Fsp3) is 0.333. The number of aryl methyl sites for hydroxylation is 1. The number of nitrogens with one attached hydrogen (secondary N) is 1. The molecule has 1 amide bonds. The molecule has 27 heavy (non-hydrogen) atoms. The first kappa shape index (κ1) is 19.1. The molecule has 1 unspecified atom stereocenters. The third-order valence-electron chi connectivity index (χ3n) is 4.75. The van der Waals surface area contributed by atoms with Crippen molar-refractivity contribution in [2.24, 2.45) is 5.92 Å². The van der Waals surface area contributed by atoms with Gasteiger partial charge in [0.15, 0.2) is 0 Å². The van der Waals surface area contributed by atoms with Crippen molar-refractivity contribution in [3.8, 4) is 11.1 Å². The Balaban J connectivity index is 1.75. The highest BCUT2D eigenvalue weighted by Crippen LogP contribution is 2.33. The number of hydrogen-bond donors (Lipinski definition) is 1. The van der Waals surface area contributed by atoms with E-state index in [0.717, 1.165) is 17.7 Å². The van der Waals surface area contributed by atoms with E-state index in [9.17, 15) is 22.8 Å². The molecule has 2 aromatic rings. The fourth-order valence-corrected chi connectivity index (χ4v) is 3.35. The van der Waals surface area contributed by atoms with E-state index in [1.165, 1.54) is 0 Å². The first-order valence-corrected chi connectivity index (χ1v) is 8.80. The van der Waals surface area contributed by atoms with Gasteiger partial charge in [-0.15, -0.1) is 0 Å². The lowest BCUT2D eigenvalue weighted by Crippen LogP contribution is -2.29. The maximum atomic E-state index is 13.1. The molecule has 1 atom stereocenters. The van der Waals surface area contributed by atoms with Crippen LogP contribution in [0.5, 0.6) is 0 Å². The Bertz CT molecular complexity index is 874. The molecule has 0 saturated heterocycles. The molecule has 1 fully saturated rings. The van der Waals surface area contributed by atoms with Crippen molar-refractivity contribution in [3.05, 3.63) is 59.2 Å². The van der Waals surface area contributed by atoms with Gasteiger partial charge in [0.05, 0.1) is 5.56 Å². The van der Waals surface area contributed by atoms with Crippen molar-refractivity contribution in [1.82, 2.24) is 5.32 Å². The van der Waals surface area contributed by atoms with Gasteiger partial charge >= 0.3 is 6.18 Å². The molecular weight excluding hydrogens is 355 g/mol. The van der Waals surface area contributed by atoms with Crippen molar-refractivity contribution in [2.45, 2.75) is 38.9 Å². The number of halogens is 3. The van der Waals surface area contributed by atoms with Crippen LogP contribution in [0, 0.1) is 12.8 Å². The lowest BCUT2D eigenvalue weighted by Gasteiger charge is -2.13. The van der Waals surface area contributed by atoms with Crippen LogP contribution in [-0.2, 0) is 22.3 Å². The van der Waals surface area contributed by atoms with Crippen LogP contribution in [0.4, 0.5) is 13.2 Å². The minimum Gasteiger partial charge on any atom is -0.352 e. The Morgan fingerprint density at radius 2 is 1.93 bits per heavy atom. The van der Waals surface area contributed by atoms with Gasteiger partial charge in [0.1, 0.15) is 5.78 Å². The largest absolute Gasteiger partial charge is 0.416 e. The second-order valence-corrected chi connectivity index (χ2v) is 6.98. The number of amides is 1. The smallest absolute Gasteiger partial charge is 0.352 e. The lowest BCUT2D eigenvalue weighted by atomic mass is 9.98. The first-order valence-electron chi connectivity index (χ1n) is 8.80. The van der Waals surface area contributed by atoms with Crippen LogP contribution in [0.3, 0.4) is 0 Å². The van der Waals surface area contributed by atoms with Crippen LogP contribution in [0.25, 0.3) is 11.1 Å². The number of ketones is 1. The van der Waals surface area contributed by atoms with Gasteiger partial charge in [-0.05, 0) is 53.8 Å². The van der Waals surface area contributed by atoms with E-state index in [2.05, 4.69) is 5.32 Å². The average molecular weight is 375 g/mol. The number of hydrogen-bond acceptors (Lipinski definition) is 2. The molecule has 1 aliphatic carbocycles. The van der Waals surface area contributed by atoms with Crippen LogP contribution >= 0.6 is 0 Å². The van der Waals surface area contributed by atoms with Gasteiger partial charge in [0.2, 0.25) is 5.91 Å². The zero-order valence-electron chi connectivity index (χ0n) is 14.9.